The number of carbonyl (C=O) groups is 3. The summed E-state index contributed by atoms with van der Waals surface area (Å²) in [7, 11) is 0. The molecule has 0 spiro atoms. The molecule has 3 rings (SSSR count). The minimum Gasteiger partial charge on any atom is -0.508 e. The number of ether oxygens (including phenoxy) is 1. The van der Waals surface area contributed by atoms with Gasteiger partial charge >= 0.3 is 6.09 Å². The minimum absolute atomic E-state index is 0.0437. The summed E-state index contributed by atoms with van der Waals surface area (Å²) in [6, 6.07) is 12.2. The Bertz CT molecular complexity index is 1140. The summed E-state index contributed by atoms with van der Waals surface area (Å²) in [6.07, 6.45) is 2.79. The van der Waals surface area contributed by atoms with E-state index in [9.17, 15) is 19.5 Å². The van der Waals surface area contributed by atoms with E-state index < -0.39 is 23.8 Å². The molecule has 1 aliphatic carbocycles. The maximum absolute atomic E-state index is 14.4. The molecule has 0 aliphatic heterocycles. The molecule has 3 amide bonds. The highest BCUT2D eigenvalue weighted by molar-refractivity contribution is 5.93. The molecule has 1 fully saturated rings. The number of phenols is 1. The van der Waals surface area contributed by atoms with E-state index in [1.54, 1.807) is 49.9 Å². The lowest BCUT2D eigenvalue weighted by atomic mass is 9.96. The smallest absolute Gasteiger partial charge is 0.408 e. The highest BCUT2D eigenvalue weighted by atomic mass is 16.6. The molecule has 1 saturated carbocycles. The number of hydrogen-bond acceptors (Lipinski definition) is 5. The monoisotopic (exact) mass is 537 g/mol. The number of nitrogens with one attached hydrogen (secondary N) is 2. The van der Waals surface area contributed by atoms with Gasteiger partial charge in [-0.25, -0.2) is 4.79 Å². The van der Waals surface area contributed by atoms with Crippen LogP contribution in [0, 0.1) is 6.92 Å². The predicted octanol–water partition coefficient (Wildman–Crippen LogP) is 5.17. The Morgan fingerprint density at radius 1 is 1.05 bits per heavy atom. The van der Waals surface area contributed by atoms with E-state index in [1.165, 1.54) is 0 Å². The number of carbonyl (C=O) groups excluding carboxylic acids is 3. The first kappa shape index (κ1) is 30.0. The summed E-state index contributed by atoms with van der Waals surface area (Å²) in [6.45, 7) is 11.3. The van der Waals surface area contributed by atoms with E-state index in [0.717, 1.165) is 42.4 Å². The van der Waals surface area contributed by atoms with Gasteiger partial charge in [0, 0.05) is 18.5 Å². The quantitative estimate of drug-likeness (QED) is 0.366. The second-order valence-corrected chi connectivity index (χ2v) is 11.5. The summed E-state index contributed by atoms with van der Waals surface area (Å²) in [5.74, 6) is -0.465. The SMILES string of the molecule is CCCC(C)NC(=O)C(c1ccccc1C)N(C(=O)C(Cc1ccc(O)cc1)NC(=O)OC(C)(C)C)C1CC1. The zero-order chi connectivity index (χ0) is 28.7. The summed E-state index contributed by atoms with van der Waals surface area (Å²) in [5.41, 5.74) is 1.69. The van der Waals surface area contributed by atoms with Gasteiger partial charge in [0.25, 0.3) is 0 Å². The van der Waals surface area contributed by atoms with Gasteiger partial charge < -0.3 is 25.4 Å². The molecule has 0 heterocycles. The molecule has 3 unspecified atom stereocenters. The van der Waals surface area contributed by atoms with Crippen LogP contribution in [0.5, 0.6) is 5.75 Å². The number of amides is 3. The lowest BCUT2D eigenvalue weighted by Crippen LogP contribution is -2.55. The lowest BCUT2D eigenvalue weighted by Gasteiger charge is -2.36. The zero-order valence-corrected chi connectivity index (χ0v) is 24.0. The third kappa shape index (κ3) is 8.73. The third-order valence-electron chi connectivity index (χ3n) is 6.68. The Labute approximate surface area is 232 Å². The number of aromatic hydroxyl groups is 1. The van der Waals surface area contributed by atoms with Crippen molar-refractivity contribution >= 4 is 17.9 Å². The van der Waals surface area contributed by atoms with Gasteiger partial charge in [0.15, 0.2) is 0 Å². The molecule has 3 atom stereocenters. The fraction of sp³-hybridized carbons (Fsp3) is 0.516. The van der Waals surface area contributed by atoms with Crippen molar-refractivity contribution in [2.24, 2.45) is 0 Å². The largest absolute Gasteiger partial charge is 0.508 e. The Morgan fingerprint density at radius 3 is 2.26 bits per heavy atom. The minimum atomic E-state index is -0.975. The Balaban J connectivity index is 2.01. The van der Waals surface area contributed by atoms with Crippen LogP contribution in [-0.4, -0.2) is 51.6 Å². The summed E-state index contributed by atoms with van der Waals surface area (Å²) in [4.78, 5) is 42.7. The molecule has 1 aliphatic rings. The van der Waals surface area contributed by atoms with Crippen molar-refractivity contribution in [1.82, 2.24) is 15.5 Å². The van der Waals surface area contributed by atoms with E-state index in [2.05, 4.69) is 17.6 Å². The van der Waals surface area contributed by atoms with Crippen molar-refractivity contribution in [2.75, 3.05) is 0 Å². The summed E-state index contributed by atoms with van der Waals surface area (Å²) < 4.78 is 5.48. The zero-order valence-electron chi connectivity index (χ0n) is 24.0. The Kier molecular flexibility index (Phi) is 10.0. The molecular formula is C31H43N3O5. The molecule has 0 saturated heterocycles. The molecule has 8 nitrogen and oxygen atoms in total. The number of aryl methyl sites for hydroxylation is 1. The van der Waals surface area contributed by atoms with Crippen LogP contribution < -0.4 is 10.6 Å². The molecule has 39 heavy (non-hydrogen) atoms. The molecule has 8 heteroatoms. The van der Waals surface area contributed by atoms with Crippen LogP contribution >= 0.6 is 0 Å². The van der Waals surface area contributed by atoms with Crippen LogP contribution in [0.4, 0.5) is 4.79 Å². The molecular weight excluding hydrogens is 494 g/mol. The van der Waals surface area contributed by atoms with Crippen molar-refractivity contribution < 1.29 is 24.2 Å². The van der Waals surface area contributed by atoms with Crippen LogP contribution in [0.3, 0.4) is 0 Å². The highest BCUT2D eigenvalue weighted by Gasteiger charge is 2.44. The number of alkyl carbamates (subject to hydrolysis) is 1. The van der Waals surface area contributed by atoms with E-state index in [4.69, 9.17) is 4.74 Å². The first-order valence-corrected chi connectivity index (χ1v) is 13.8. The average Bonchev–Trinajstić information content (AvgIpc) is 3.67. The number of benzene rings is 2. The van der Waals surface area contributed by atoms with Gasteiger partial charge in [-0.05, 0) is 82.7 Å². The van der Waals surface area contributed by atoms with Gasteiger partial charge in [0.1, 0.15) is 23.4 Å². The van der Waals surface area contributed by atoms with Gasteiger partial charge in [0.2, 0.25) is 11.8 Å². The molecule has 0 aromatic heterocycles. The van der Waals surface area contributed by atoms with E-state index >= 15 is 0 Å². The summed E-state index contributed by atoms with van der Waals surface area (Å²) >= 11 is 0. The van der Waals surface area contributed by atoms with Crippen molar-refractivity contribution in [3.05, 3.63) is 65.2 Å². The first-order valence-electron chi connectivity index (χ1n) is 13.8. The lowest BCUT2D eigenvalue weighted by molar-refractivity contribution is -0.143. The van der Waals surface area contributed by atoms with Crippen molar-refractivity contribution in [1.29, 1.82) is 0 Å². The fourth-order valence-electron chi connectivity index (χ4n) is 4.71. The number of phenolic OH excluding ortho intramolecular Hbond substituents is 1. The average molecular weight is 538 g/mol. The van der Waals surface area contributed by atoms with Gasteiger partial charge in [-0.15, -0.1) is 0 Å². The van der Waals surface area contributed by atoms with Crippen molar-refractivity contribution in [3.8, 4) is 5.75 Å². The van der Waals surface area contributed by atoms with Gasteiger partial charge in [-0.3, -0.25) is 9.59 Å². The topological polar surface area (TPSA) is 108 Å². The normalized spacial score (nSPS) is 15.5. The van der Waals surface area contributed by atoms with E-state index in [-0.39, 0.29) is 36.1 Å². The molecule has 3 N–H and O–H groups in total. The third-order valence-corrected chi connectivity index (χ3v) is 6.68. The van der Waals surface area contributed by atoms with Crippen LogP contribution in [0.25, 0.3) is 0 Å². The van der Waals surface area contributed by atoms with Crippen LogP contribution in [-0.2, 0) is 20.7 Å². The number of rotatable bonds is 11. The van der Waals surface area contributed by atoms with Gasteiger partial charge in [-0.2, -0.15) is 0 Å². The first-order chi connectivity index (χ1) is 18.4. The van der Waals surface area contributed by atoms with Crippen LogP contribution in [0.2, 0.25) is 0 Å². The summed E-state index contributed by atoms with van der Waals surface area (Å²) in [5, 5.41) is 15.6. The molecule has 2 aromatic rings. The van der Waals surface area contributed by atoms with Crippen LogP contribution in [0.15, 0.2) is 48.5 Å². The Morgan fingerprint density at radius 2 is 1.69 bits per heavy atom. The maximum Gasteiger partial charge on any atom is 0.408 e. The van der Waals surface area contributed by atoms with E-state index in [0.29, 0.717) is 0 Å². The van der Waals surface area contributed by atoms with Crippen LogP contribution in [0.1, 0.15) is 83.0 Å². The second kappa shape index (κ2) is 13.0. The maximum atomic E-state index is 14.4. The van der Waals surface area contributed by atoms with E-state index in [1.807, 2.05) is 38.1 Å². The fourth-order valence-corrected chi connectivity index (χ4v) is 4.71. The number of nitrogens with zero attached hydrogens (tertiary/aromatic N) is 1. The second-order valence-electron chi connectivity index (χ2n) is 11.5. The highest BCUT2D eigenvalue weighted by Crippen LogP contribution is 2.37. The predicted molar refractivity (Wildman–Crippen MR) is 151 cm³/mol. The molecule has 2 aromatic carbocycles. The standard InChI is InChI=1S/C31H43N3O5/c1-7-10-21(3)32-28(36)27(25-12-9-8-11-20(25)2)34(23-15-16-23)29(37)26(33-30(38)39-31(4,5)6)19-22-13-17-24(35)18-14-22/h8-9,11-14,17-18,21,23,26-27,35H,7,10,15-16,19H2,1-6H3,(H,32,36)(H,33,38). The molecule has 212 valence electrons. The molecule has 0 radical (unpaired) electrons. The van der Waals surface area contributed by atoms with Crippen molar-refractivity contribution in [3.63, 3.8) is 0 Å². The molecule has 0 bridgehead atoms. The van der Waals surface area contributed by atoms with Gasteiger partial charge in [-0.1, -0.05) is 49.7 Å². The number of hydrogen-bond donors (Lipinski definition) is 3. The van der Waals surface area contributed by atoms with Gasteiger partial charge in [0.05, 0.1) is 0 Å². The Hall–Kier alpha value is -3.55. The van der Waals surface area contributed by atoms with Crippen molar-refractivity contribution in [2.45, 2.75) is 103 Å².